The Morgan fingerprint density at radius 1 is 1.00 bits per heavy atom. The van der Waals surface area contributed by atoms with Crippen LogP contribution in [-0.2, 0) is 0 Å². The molecule has 72 valence electrons. The highest BCUT2D eigenvalue weighted by molar-refractivity contribution is 7.55. The number of carbonyl (C=O) groups excluding carboxylic acids is 2. The number of rotatable bonds is 1. The van der Waals surface area contributed by atoms with E-state index in [4.69, 9.17) is 0 Å². The normalized spacial score (nSPS) is 15.2. The molecule has 1 aromatic rings. The quantitative estimate of drug-likeness (QED) is 0.521. The summed E-state index contributed by atoms with van der Waals surface area (Å²) in [5, 5.41) is 0. The summed E-state index contributed by atoms with van der Waals surface area (Å²) < 4.78 is 1.36. The van der Waals surface area contributed by atoms with Crippen LogP contribution in [0.4, 0.5) is 0 Å². The molecule has 14 heavy (non-hydrogen) atoms. The molecule has 0 bridgehead atoms. The Balaban J connectivity index is 2.54. The predicted molar refractivity (Wildman–Crippen MR) is 55.7 cm³/mol. The minimum atomic E-state index is -0.692. The van der Waals surface area contributed by atoms with Crippen molar-refractivity contribution < 1.29 is 9.59 Å². The van der Waals surface area contributed by atoms with E-state index in [0.29, 0.717) is 11.1 Å². The van der Waals surface area contributed by atoms with Crippen LogP contribution in [0.1, 0.15) is 20.7 Å². The lowest BCUT2D eigenvalue weighted by Crippen LogP contribution is -2.23. The molecule has 0 aliphatic carbocycles. The summed E-state index contributed by atoms with van der Waals surface area (Å²) in [6, 6.07) is 6.96. The molecule has 1 aliphatic heterocycles. The first-order valence-electron chi connectivity index (χ1n) is 4.28. The molecule has 0 spiro atoms. The van der Waals surface area contributed by atoms with Gasteiger partial charge in [-0.2, -0.15) is 0 Å². The van der Waals surface area contributed by atoms with Gasteiger partial charge >= 0.3 is 0 Å². The Labute approximate surface area is 83.5 Å². The average Bonchev–Trinajstić information content (AvgIpc) is 2.41. The molecule has 3 nitrogen and oxygen atoms in total. The maximum Gasteiger partial charge on any atom is 0.264 e. The Hall–Kier alpha value is -1.21. The summed E-state index contributed by atoms with van der Waals surface area (Å²) in [7, 11) is -0.692. The summed E-state index contributed by atoms with van der Waals surface area (Å²) in [5.41, 5.74) is 1.07. The standard InChI is InChI=1S/C10H10NO2P/c1-14(2)11-9(12)7-5-3-4-6-8(7)10(11)13/h3-6H,1-2H3. The van der Waals surface area contributed by atoms with Crippen molar-refractivity contribution >= 4 is 19.9 Å². The van der Waals surface area contributed by atoms with Crippen LogP contribution in [-0.4, -0.2) is 29.8 Å². The molecule has 0 saturated carbocycles. The van der Waals surface area contributed by atoms with Gasteiger partial charge in [0.15, 0.2) is 0 Å². The van der Waals surface area contributed by atoms with Crippen molar-refractivity contribution in [2.75, 3.05) is 13.3 Å². The minimum Gasteiger partial charge on any atom is -0.268 e. The highest BCUT2D eigenvalue weighted by Gasteiger charge is 2.36. The smallest absolute Gasteiger partial charge is 0.264 e. The zero-order chi connectivity index (χ0) is 10.3. The van der Waals surface area contributed by atoms with Crippen LogP contribution in [0.3, 0.4) is 0 Å². The van der Waals surface area contributed by atoms with Crippen molar-refractivity contribution in [1.82, 2.24) is 4.67 Å². The molecule has 0 saturated heterocycles. The van der Waals surface area contributed by atoms with Crippen molar-refractivity contribution in [2.24, 2.45) is 0 Å². The number of amides is 2. The second kappa shape index (κ2) is 3.18. The SMILES string of the molecule is CP(C)N1C(=O)c2ccccc2C1=O. The molecule has 2 amide bonds. The Bertz CT molecular complexity index is 379. The molecule has 0 unspecified atom stereocenters. The van der Waals surface area contributed by atoms with Gasteiger partial charge in [-0.05, 0) is 33.5 Å². The number of benzene rings is 1. The van der Waals surface area contributed by atoms with E-state index in [1.54, 1.807) is 24.3 Å². The van der Waals surface area contributed by atoms with E-state index in [2.05, 4.69) is 0 Å². The zero-order valence-corrected chi connectivity index (χ0v) is 8.91. The Kier molecular flexibility index (Phi) is 2.12. The lowest BCUT2D eigenvalue weighted by atomic mass is 10.1. The monoisotopic (exact) mass is 207 g/mol. The predicted octanol–water partition coefficient (Wildman–Crippen LogP) is 1.94. The lowest BCUT2D eigenvalue weighted by molar-refractivity contribution is 0.0770. The number of imide groups is 1. The van der Waals surface area contributed by atoms with Crippen LogP contribution < -0.4 is 0 Å². The van der Waals surface area contributed by atoms with Crippen LogP contribution >= 0.6 is 8.07 Å². The van der Waals surface area contributed by atoms with E-state index in [1.165, 1.54) is 4.67 Å². The van der Waals surface area contributed by atoms with Crippen molar-refractivity contribution in [3.8, 4) is 0 Å². The molecule has 0 atom stereocenters. The first-order valence-corrected chi connectivity index (χ1v) is 6.47. The molecule has 0 fully saturated rings. The molecule has 1 heterocycles. The van der Waals surface area contributed by atoms with Crippen LogP contribution in [0.5, 0.6) is 0 Å². The summed E-state index contributed by atoms with van der Waals surface area (Å²) >= 11 is 0. The van der Waals surface area contributed by atoms with Gasteiger partial charge in [0.05, 0.1) is 11.1 Å². The first-order chi connectivity index (χ1) is 6.63. The van der Waals surface area contributed by atoms with Crippen molar-refractivity contribution in [1.29, 1.82) is 0 Å². The number of hydrogen-bond donors (Lipinski definition) is 0. The average molecular weight is 207 g/mol. The fourth-order valence-corrected chi connectivity index (χ4v) is 2.48. The molecular weight excluding hydrogens is 197 g/mol. The van der Waals surface area contributed by atoms with Gasteiger partial charge < -0.3 is 0 Å². The molecule has 0 aromatic heterocycles. The second-order valence-corrected chi connectivity index (χ2v) is 5.41. The summed E-state index contributed by atoms with van der Waals surface area (Å²) in [5.74, 6) is -0.302. The molecule has 1 aliphatic rings. The maximum atomic E-state index is 11.8. The van der Waals surface area contributed by atoms with Gasteiger partial charge in [0.2, 0.25) is 0 Å². The van der Waals surface area contributed by atoms with Crippen molar-refractivity contribution in [3.05, 3.63) is 35.4 Å². The maximum absolute atomic E-state index is 11.8. The number of fused-ring (bicyclic) bond motifs is 1. The van der Waals surface area contributed by atoms with Crippen LogP contribution in [0, 0.1) is 0 Å². The third-order valence-corrected chi connectivity index (χ3v) is 3.34. The van der Waals surface area contributed by atoms with Gasteiger partial charge in [-0.1, -0.05) is 12.1 Å². The molecule has 0 N–H and O–H groups in total. The van der Waals surface area contributed by atoms with Gasteiger partial charge in [0, 0.05) is 0 Å². The minimum absolute atomic E-state index is 0.151. The molecule has 0 radical (unpaired) electrons. The fraction of sp³-hybridized carbons (Fsp3) is 0.200. The third-order valence-electron chi connectivity index (χ3n) is 2.17. The Morgan fingerprint density at radius 3 is 1.79 bits per heavy atom. The molecule has 4 heteroatoms. The van der Waals surface area contributed by atoms with E-state index in [1.807, 2.05) is 13.3 Å². The van der Waals surface area contributed by atoms with E-state index in [-0.39, 0.29) is 11.8 Å². The van der Waals surface area contributed by atoms with Crippen molar-refractivity contribution in [2.45, 2.75) is 0 Å². The van der Waals surface area contributed by atoms with Crippen LogP contribution in [0.15, 0.2) is 24.3 Å². The number of hydrogen-bond acceptors (Lipinski definition) is 2. The van der Waals surface area contributed by atoms with Crippen molar-refractivity contribution in [3.63, 3.8) is 0 Å². The van der Waals surface area contributed by atoms with Crippen LogP contribution in [0.25, 0.3) is 0 Å². The third kappa shape index (κ3) is 1.17. The van der Waals surface area contributed by atoms with Gasteiger partial charge in [0.25, 0.3) is 11.8 Å². The van der Waals surface area contributed by atoms with E-state index >= 15 is 0 Å². The lowest BCUT2D eigenvalue weighted by Gasteiger charge is -2.17. The summed E-state index contributed by atoms with van der Waals surface area (Å²) in [4.78, 5) is 23.5. The second-order valence-electron chi connectivity index (χ2n) is 3.31. The molecule has 1 aromatic carbocycles. The zero-order valence-electron chi connectivity index (χ0n) is 8.02. The fourth-order valence-electron chi connectivity index (χ4n) is 1.54. The number of carbonyl (C=O) groups is 2. The van der Waals surface area contributed by atoms with Gasteiger partial charge in [-0.15, -0.1) is 0 Å². The molecule has 2 rings (SSSR count). The summed E-state index contributed by atoms with van der Waals surface area (Å²) in [6.45, 7) is 3.80. The van der Waals surface area contributed by atoms with Gasteiger partial charge in [-0.3, -0.25) is 14.3 Å². The van der Waals surface area contributed by atoms with E-state index < -0.39 is 8.07 Å². The first kappa shape index (κ1) is 9.35. The largest absolute Gasteiger partial charge is 0.268 e. The van der Waals surface area contributed by atoms with E-state index in [9.17, 15) is 9.59 Å². The van der Waals surface area contributed by atoms with Gasteiger partial charge in [-0.25, -0.2) is 0 Å². The highest BCUT2D eigenvalue weighted by atomic mass is 31.1. The topological polar surface area (TPSA) is 37.4 Å². The Morgan fingerprint density at radius 2 is 1.43 bits per heavy atom. The van der Waals surface area contributed by atoms with E-state index in [0.717, 1.165) is 0 Å². The highest BCUT2D eigenvalue weighted by Crippen LogP contribution is 2.39. The van der Waals surface area contributed by atoms with Gasteiger partial charge in [0.1, 0.15) is 0 Å². The van der Waals surface area contributed by atoms with Crippen LogP contribution in [0.2, 0.25) is 0 Å². The number of nitrogens with zero attached hydrogens (tertiary/aromatic N) is 1. The molecular formula is C10H10NO2P. The summed E-state index contributed by atoms with van der Waals surface area (Å²) in [6.07, 6.45) is 0.